The van der Waals surface area contributed by atoms with Crippen molar-refractivity contribution in [2.24, 2.45) is 0 Å². The van der Waals surface area contributed by atoms with Gasteiger partial charge in [0.1, 0.15) is 5.69 Å². The summed E-state index contributed by atoms with van der Waals surface area (Å²) in [5, 5.41) is 2.67. The molecule has 2 aromatic carbocycles. The number of hydrogen-bond donors (Lipinski definition) is 0. The maximum atomic E-state index is 13.0. The number of nitrogens with zero attached hydrogens (tertiary/aromatic N) is 4. The Labute approximate surface area is 211 Å². The number of aryl methyl sites for hydroxylation is 1. The first-order valence-corrected chi connectivity index (χ1v) is 12.6. The van der Waals surface area contributed by atoms with Gasteiger partial charge in [0.2, 0.25) is 0 Å². The van der Waals surface area contributed by atoms with Gasteiger partial charge in [0.15, 0.2) is 0 Å². The molecule has 0 aliphatic carbocycles. The number of halogens is 3. The summed E-state index contributed by atoms with van der Waals surface area (Å²) in [5.41, 5.74) is 1.40. The molecule has 0 bridgehead atoms. The van der Waals surface area contributed by atoms with Gasteiger partial charge in [-0.25, -0.2) is 4.98 Å². The number of thiazole rings is 1. The van der Waals surface area contributed by atoms with Crippen LogP contribution in [0.1, 0.15) is 31.4 Å². The van der Waals surface area contributed by atoms with Crippen LogP contribution < -0.4 is 0 Å². The Bertz CT molecular complexity index is 1260. The van der Waals surface area contributed by atoms with Crippen molar-refractivity contribution in [2.45, 2.75) is 19.1 Å². The van der Waals surface area contributed by atoms with Crippen LogP contribution in [0.25, 0.3) is 11.1 Å². The molecule has 0 N–H and O–H groups in total. The minimum absolute atomic E-state index is 0.0296. The number of alkyl halides is 3. The maximum Gasteiger partial charge on any atom is 0.416 e. The summed E-state index contributed by atoms with van der Waals surface area (Å²) in [4.78, 5) is 35.7. The smallest absolute Gasteiger partial charge is 0.335 e. The number of aromatic nitrogens is 1. The van der Waals surface area contributed by atoms with Crippen LogP contribution in [0.3, 0.4) is 0 Å². The van der Waals surface area contributed by atoms with Crippen LogP contribution in [0.15, 0.2) is 53.9 Å². The van der Waals surface area contributed by atoms with Crippen LogP contribution in [-0.2, 0) is 6.18 Å². The van der Waals surface area contributed by atoms with Crippen LogP contribution in [0.5, 0.6) is 0 Å². The van der Waals surface area contributed by atoms with Crippen LogP contribution in [0.4, 0.5) is 13.2 Å². The summed E-state index contributed by atoms with van der Waals surface area (Å²) in [6.07, 6.45) is -4.40. The molecule has 0 atom stereocenters. The molecule has 1 aromatic heterocycles. The Morgan fingerprint density at radius 3 is 2.22 bits per heavy atom. The quantitative estimate of drug-likeness (QED) is 0.517. The molecule has 0 spiro atoms. The van der Waals surface area contributed by atoms with Crippen molar-refractivity contribution < 1.29 is 22.8 Å². The molecule has 2 fully saturated rings. The number of carbonyl (C=O) groups is 2. The zero-order valence-electron chi connectivity index (χ0n) is 19.7. The summed E-state index contributed by atoms with van der Waals surface area (Å²) < 4.78 is 39.0. The van der Waals surface area contributed by atoms with Crippen molar-refractivity contribution in [2.75, 3.05) is 39.3 Å². The van der Waals surface area contributed by atoms with Crippen LogP contribution in [0, 0.1) is 6.92 Å². The van der Waals surface area contributed by atoms with E-state index >= 15 is 0 Å². The number of likely N-dealkylation sites (tertiary alicyclic amines) is 1. The van der Waals surface area contributed by atoms with E-state index in [0.717, 1.165) is 30.2 Å². The lowest BCUT2D eigenvalue weighted by Gasteiger charge is -2.48. The normalized spacial score (nSPS) is 17.2. The first-order valence-electron chi connectivity index (χ1n) is 11.7. The fraction of sp³-hybridized carbons (Fsp3) is 0.346. The van der Waals surface area contributed by atoms with E-state index < -0.39 is 11.7 Å². The van der Waals surface area contributed by atoms with Gasteiger partial charge in [-0.1, -0.05) is 24.3 Å². The molecule has 0 radical (unpaired) electrons. The van der Waals surface area contributed by atoms with Crippen LogP contribution in [-0.4, -0.2) is 76.8 Å². The molecule has 2 saturated heterocycles. The second-order valence-corrected chi connectivity index (χ2v) is 10.2. The summed E-state index contributed by atoms with van der Waals surface area (Å²) in [7, 11) is 0. The third kappa shape index (κ3) is 5.01. The lowest BCUT2D eigenvalue weighted by molar-refractivity contribution is -0.137. The van der Waals surface area contributed by atoms with Crippen molar-refractivity contribution in [3.8, 4) is 11.1 Å². The van der Waals surface area contributed by atoms with E-state index in [2.05, 4.69) is 9.88 Å². The van der Waals surface area contributed by atoms with Gasteiger partial charge < -0.3 is 9.80 Å². The number of benzene rings is 2. The number of hydrogen-bond acceptors (Lipinski definition) is 5. The Morgan fingerprint density at radius 2 is 1.61 bits per heavy atom. The molecule has 36 heavy (non-hydrogen) atoms. The topological polar surface area (TPSA) is 56.8 Å². The molecule has 0 saturated carbocycles. The fourth-order valence-corrected chi connectivity index (χ4v) is 5.22. The molecule has 188 valence electrons. The van der Waals surface area contributed by atoms with E-state index in [1.807, 2.05) is 11.8 Å². The largest absolute Gasteiger partial charge is 0.416 e. The van der Waals surface area contributed by atoms with Crippen molar-refractivity contribution in [3.05, 3.63) is 75.7 Å². The predicted octanol–water partition coefficient (Wildman–Crippen LogP) is 4.42. The fourth-order valence-electron chi connectivity index (χ4n) is 4.63. The highest BCUT2D eigenvalue weighted by Crippen LogP contribution is 2.32. The zero-order chi connectivity index (χ0) is 25.4. The van der Waals surface area contributed by atoms with E-state index in [-0.39, 0.29) is 17.9 Å². The van der Waals surface area contributed by atoms with Gasteiger partial charge in [-0.3, -0.25) is 14.5 Å². The molecule has 0 unspecified atom stereocenters. The van der Waals surface area contributed by atoms with Crippen LogP contribution in [0.2, 0.25) is 0 Å². The number of amides is 2. The summed E-state index contributed by atoms with van der Waals surface area (Å²) in [5.74, 6) is -0.118. The Kier molecular flexibility index (Phi) is 6.57. The number of piperazine rings is 1. The average molecular weight is 515 g/mol. The van der Waals surface area contributed by atoms with Crippen molar-refractivity contribution in [1.29, 1.82) is 0 Å². The van der Waals surface area contributed by atoms with Gasteiger partial charge in [0.05, 0.1) is 10.6 Å². The molecule has 5 rings (SSSR count). The lowest BCUT2D eigenvalue weighted by Crippen LogP contribution is -2.64. The second-order valence-electron chi connectivity index (χ2n) is 9.10. The summed E-state index contributed by atoms with van der Waals surface area (Å²) >= 11 is 1.47. The number of rotatable bonds is 4. The molecule has 2 aliphatic rings. The highest BCUT2D eigenvalue weighted by molar-refractivity contribution is 7.09. The minimum Gasteiger partial charge on any atom is -0.335 e. The highest BCUT2D eigenvalue weighted by Gasteiger charge is 2.37. The Hall–Kier alpha value is -3.24. The Morgan fingerprint density at radius 1 is 0.917 bits per heavy atom. The highest BCUT2D eigenvalue weighted by atomic mass is 32.1. The third-order valence-corrected chi connectivity index (χ3v) is 7.53. The van der Waals surface area contributed by atoms with Gasteiger partial charge in [0.25, 0.3) is 11.8 Å². The van der Waals surface area contributed by atoms with Gasteiger partial charge >= 0.3 is 6.18 Å². The predicted molar refractivity (Wildman–Crippen MR) is 131 cm³/mol. The molecule has 10 heteroatoms. The van der Waals surface area contributed by atoms with Gasteiger partial charge in [0, 0.05) is 56.3 Å². The molecule has 2 amide bonds. The third-order valence-electron chi connectivity index (χ3n) is 6.76. The van der Waals surface area contributed by atoms with E-state index in [0.29, 0.717) is 48.6 Å². The average Bonchev–Trinajstić information content (AvgIpc) is 3.29. The Balaban J connectivity index is 1.13. The van der Waals surface area contributed by atoms with E-state index in [9.17, 15) is 22.8 Å². The first kappa shape index (κ1) is 24.5. The van der Waals surface area contributed by atoms with Gasteiger partial charge in [-0.15, -0.1) is 11.3 Å². The minimum atomic E-state index is -4.40. The van der Waals surface area contributed by atoms with Gasteiger partial charge in [-0.2, -0.15) is 13.2 Å². The first-order chi connectivity index (χ1) is 17.2. The summed E-state index contributed by atoms with van der Waals surface area (Å²) in [6.45, 7) is 5.91. The SMILES string of the molecule is Cc1nc(C(=O)N2CCN(C3CN(C(=O)c4ccc(-c5cccc(C(F)(F)F)c5)cc4)C3)CC2)cs1. The lowest BCUT2D eigenvalue weighted by atomic mass is 10.00. The monoisotopic (exact) mass is 514 g/mol. The van der Waals surface area contributed by atoms with Crippen molar-refractivity contribution in [1.82, 2.24) is 19.7 Å². The maximum absolute atomic E-state index is 13.0. The molecular weight excluding hydrogens is 489 g/mol. The van der Waals surface area contributed by atoms with Crippen LogP contribution >= 0.6 is 11.3 Å². The standard InChI is InChI=1S/C26H25F3N4O2S/c1-17-30-23(16-36-17)25(35)32-11-9-31(10-12-32)22-14-33(15-22)24(34)19-7-5-18(6-8-19)20-3-2-4-21(13-20)26(27,28)29/h2-8,13,16,22H,9-12,14-15H2,1H3. The molecule has 2 aliphatic heterocycles. The number of carbonyl (C=O) groups excluding carboxylic acids is 2. The van der Waals surface area contributed by atoms with E-state index in [4.69, 9.17) is 0 Å². The van der Waals surface area contributed by atoms with Crippen molar-refractivity contribution in [3.63, 3.8) is 0 Å². The second kappa shape index (κ2) is 9.67. The van der Waals surface area contributed by atoms with Gasteiger partial charge in [-0.05, 0) is 42.3 Å². The van der Waals surface area contributed by atoms with Crippen molar-refractivity contribution >= 4 is 23.2 Å². The molecule has 3 heterocycles. The zero-order valence-corrected chi connectivity index (χ0v) is 20.5. The molecular formula is C26H25F3N4O2S. The molecule has 3 aromatic rings. The van der Waals surface area contributed by atoms with E-state index in [1.165, 1.54) is 17.4 Å². The summed E-state index contributed by atoms with van der Waals surface area (Å²) in [6, 6.07) is 12.1. The molecule has 6 nitrogen and oxygen atoms in total. The van der Waals surface area contributed by atoms with E-state index in [1.54, 1.807) is 40.6 Å².